The maximum Gasteiger partial charge on any atom is 0.302 e. The molecule has 5 rings (SSSR count). The molecule has 5 aliphatic carbocycles. The Morgan fingerprint density at radius 2 is 1.61 bits per heavy atom. The van der Waals surface area contributed by atoms with Crippen LogP contribution in [0.3, 0.4) is 0 Å². The van der Waals surface area contributed by atoms with E-state index in [4.69, 9.17) is 9.47 Å². The first-order chi connectivity index (χ1) is 17.6. The van der Waals surface area contributed by atoms with E-state index >= 15 is 0 Å². The average molecular weight is 529 g/mol. The third-order valence-electron chi connectivity index (χ3n) is 13.7. The van der Waals surface area contributed by atoms with Crippen molar-refractivity contribution in [1.82, 2.24) is 0 Å². The number of aliphatic hydroxyl groups excluding tert-OH is 1. The molecule has 0 bridgehead atoms. The van der Waals surface area contributed by atoms with E-state index in [0.29, 0.717) is 35.7 Å². The fraction of sp³-hybridized carbons (Fsp3) is 0.912. The third-order valence-corrected chi connectivity index (χ3v) is 13.7. The summed E-state index contributed by atoms with van der Waals surface area (Å²) < 4.78 is 11.9. The molecule has 0 saturated heterocycles. The molecule has 0 amide bonds. The normalized spacial score (nSPS) is 46.6. The van der Waals surface area contributed by atoms with E-state index in [0.717, 1.165) is 6.42 Å². The molecule has 0 aromatic rings. The van der Waals surface area contributed by atoms with Gasteiger partial charge >= 0.3 is 5.97 Å². The Kier molecular flexibility index (Phi) is 7.03. The number of carbonyl (C=O) groups excluding carboxylic acids is 1. The summed E-state index contributed by atoms with van der Waals surface area (Å²) in [7, 11) is 0. The lowest BCUT2D eigenvalue weighted by molar-refractivity contribution is -0.234. The van der Waals surface area contributed by atoms with Crippen molar-refractivity contribution in [2.24, 2.45) is 50.7 Å². The van der Waals surface area contributed by atoms with Crippen LogP contribution in [-0.2, 0) is 14.3 Å². The van der Waals surface area contributed by atoms with Gasteiger partial charge in [-0.1, -0.05) is 59.6 Å². The topological polar surface area (TPSA) is 55.8 Å². The van der Waals surface area contributed by atoms with Crippen molar-refractivity contribution < 1.29 is 19.4 Å². The van der Waals surface area contributed by atoms with E-state index in [9.17, 15) is 9.90 Å². The first-order valence-electron chi connectivity index (χ1n) is 15.8. The SMILES string of the molecule is CC(=O)O[C@H]1CC[C@]2(C)[C@H]3CC[C@@H]4C5=C(C(C)C)CC[C@]5(COC(C)O)CC[C@@]4(C)[C@]3(C)CC[C@H]2C1(C)C. The maximum absolute atomic E-state index is 11.9. The standard InChI is InChI=1S/C34H56O4/c1-21(2)24-12-17-34(20-37-22(3)35)19-18-32(8)25(29(24)34)10-11-27-31(7)15-14-28(38-23(4)36)30(5,6)26(31)13-16-33(27,32)9/h21-22,25-28,35H,10-20H2,1-9H3/t22?,25-,26+,27-,28+,31+,32-,33-,34-/m1/s1. The Bertz CT molecular complexity index is 979. The predicted molar refractivity (Wildman–Crippen MR) is 152 cm³/mol. The first-order valence-corrected chi connectivity index (χ1v) is 15.8. The predicted octanol–water partition coefficient (Wildman–Crippen LogP) is 8.07. The molecule has 0 aromatic heterocycles. The van der Waals surface area contributed by atoms with Gasteiger partial charge in [-0.25, -0.2) is 0 Å². The van der Waals surface area contributed by atoms with Gasteiger partial charge in [0.2, 0.25) is 0 Å². The number of hydrogen-bond donors (Lipinski definition) is 1. The molecule has 0 radical (unpaired) electrons. The molecule has 1 unspecified atom stereocenters. The highest BCUT2D eigenvalue weighted by atomic mass is 16.6. The third kappa shape index (κ3) is 3.92. The zero-order valence-corrected chi connectivity index (χ0v) is 25.9. The minimum absolute atomic E-state index is 0.0105. The molecule has 5 aliphatic rings. The zero-order valence-electron chi connectivity index (χ0n) is 25.9. The molecule has 0 aromatic carbocycles. The second-order valence-corrected chi connectivity index (χ2v) is 15.9. The average Bonchev–Trinajstić information content (AvgIpc) is 3.20. The molecule has 38 heavy (non-hydrogen) atoms. The van der Waals surface area contributed by atoms with Crippen LogP contribution in [0.15, 0.2) is 11.1 Å². The molecule has 4 saturated carbocycles. The van der Waals surface area contributed by atoms with Gasteiger partial charge in [-0.05, 0) is 111 Å². The number of fused-ring (bicyclic) bond motifs is 7. The van der Waals surface area contributed by atoms with E-state index in [2.05, 4.69) is 48.5 Å². The van der Waals surface area contributed by atoms with Crippen LogP contribution in [0, 0.1) is 50.7 Å². The van der Waals surface area contributed by atoms with E-state index in [-0.39, 0.29) is 33.7 Å². The van der Waals surface area contributed by atoms with Crippen LogP contribution in [0.1, 0.15) is 127 Å². The largest absolute Gasteiger partial charge is 0.462 e. The molecule has 0 heterocycles. The summed E-state index contributed by atoms with van der Waals surface area (Å²) in [5.74, 6) is 2.37. The molecule has 0 spiro atoms. The number of aliphatic hydroxyl groups is 1. The van der Waals surface area contributed by atoms with Gasteiger partial charge in [0.05, 0.1) is 6.61 Å². The van der Waals surface area contributed by atoms with Crippen LogP contribution in [-0.4, -0.2) is 30.1 Å². The lowest BCUT2D eigenvalue weighted by atomic mass is 9.33. The molecule has 4 nitrogen and oxygen atoms in total. The lowest BCUT2D eigenvalue weighted by Crippen LogP contribution is -2.66. The summed E-state index contributed by atoms with van der Waals surface area (Å²) >= 11 is 0. The van der Waals surface area contributed by atoms with Crippen molar-refractivity contribution in [3.8, 4) is 0 Å². The van der Waals surface area contributed by atoms with Gasteiger partial charge in [0.1, 0.15) is 6.10 Å². The molecule has 4 fully saturated rings. The summed E-state index contributed by atoms with van der Waals surface area (Å²) in [6, 6.07) is 0. The summed E-state index contributed by atoms with van der Waals surface area (Å²) in [5, 5.41) is 10.0. The van der Waals surface area contributed by atoms with Gasteiger partial charge in [0.15, 0.2) is 6.29 Å². The molecule has 0 aliphatic heterocycles. The Morgan fingerprint density at radius 3 is 2.24 bits per heavy atom. The summed E-state index contributed by atoms with van der Waals surface area (Å²) in [5.41, 5.74) is 4.48. The minimum Gasteiger partial charge on any atom is -0.462 e. The molecular formula is C34H56O4. The van der Waals surface area contributed by atoms with Crippen LogP contribution >= 0.6 is 0 Å². The van der Waals surface area contributed by atoms with Crippen molar-refractivity contribution in [2.75, 3.05) is 6.61 Å². The van der Waals surface area contributed by atoms with Crippen molar-refractivity contribution >= 4 is 5.97 Å². The van der Waals surface area contributed by atoms with E-state index < -0.39 is 6.29 Å². The van der Waals surface area contributed by atoms with E-state index in [1.165, 1.54) is 57.8 Å². The monoisotopic (exact) mass is 528 g/mol. The van der Waals surface area contributed by atoms with Gasteiger partial charge in [0.25, 0.3) is 0 Å². The van der Waals surface area contributed by atoms with Crippen LogP contribution < -0.4 is 0 Å². The number of rotatable bonds is 5. The second kappa shape index (κ2) is 9.33. The van der Waals surface area contributed by atoms with Crippen molar-refractivity contribution in [3.63, 3.8) is 0 Å². The van der Waals surface area contributed by atoms with Gasteiger partial charge in [0, 0.05) is 17.8 Å². The Hall–Kier alpha value is -0.870. The molecule has 1 N–H and O–H groups in total. The van der Waals surface area contributed by atoms with Gasteiger partial charge < -0.3 is 14.6 Å². The Morgan fingerprint density at radius 1 is 0.895 bits per heavy atom. The van der Waals surface area contributed by atoms with Crippen LogP contribution in [0.2, 0.25) is 0 Å². The van der Waals surface area contributed by atoms with Crippen LogP contribution in [0.5, 0.6) is 0 Å². The second-order valence-electron chi connectivity index (χ2n) is 15.9. The molecule has 9 atom stereocenters. The van der Waals surface area contributed by atoms with Crippen LogP contribution in [0.4, 0.5) is 0 Å². The number of allylic oxidation sites excluding steroid dienone is 1. The summed E-state index contributed by atoms with van der Waals surface area (Å²) in [6.45, 7) is 21.5. The zero-order chi connectivity index (χ0) is 27.9. The fourth-order valence-electron chi connectivity index (χ4n) is 11.7. The Labute approximate surface area is 232 Å². The van der Waals surface area contributed by atoms with Gasteiger partial charge in [-0.2, -0.15) is 0 Å². The minimum atomic E-state index is -0.698. The quantitative estimate of drug-likeness (QED) is 0.223. The number of ether oxygens (including phenoxy) is 2. The van der Waals surface area contributed by atoms with Gasteiger partial charge in [-0.15, -0.1) is 0 Å². The smallest absolute Gasteiger partial charge is 0.302 e. The van der Waals surface area contributed by atoms with Crippen molar-refractivity contribution in [3.05, 3.63) is 11.1 Å². The number of hydrogen-bond acceptors (Lipinski definition) is 4. The van der Waals surface area contributed by atoms with E-state index in [1.54, 1.807) is 25.0 Å². The maximum atomic E-state index is 11.9. The Balaban J connectivity index is 1.51. The van der Waals surface area contributed by atoms with Gasteiger partial charge in [-0.3, -0.25) is 4.79 Å². The number of esters is 1. The molecule has 4 heteroatoms. The lowest BCUT2D eigenvalue weighted by Gasteiger charge is -2.72. The molecule has 216 valence electrons. The first kappa shape index (κ1) is 28.7. The highest BCUT2D eigenvalue weighted by Crippen LogP contribution is 2.76. The van der Waals surface area contributed by atoms with Crippen molar-refractivity contribution in [2.45, 2.75) is 139 Å². The molecular weight excluding hydrogens is 472 g/mol. The summed E-state index contributed by atoms with van der Waals surface area (Å²) in [4.78, 5) is 11.9. The summed E-state index contributed by atoms with van der Waals surface area (Å²) in [6.07, 6.45) is 11.5. The highest BCUT2D eigenvalue weighted by Gasteiger charge is 2.69. The number of carbonyl (C=O) groups is 1. The van der Waals surface area contributed by atoms with Crippen LogP contribution in [0.25, 0.3) is 0 Å². The van der Waals surface area contributed by atoms with E-state index in [1.807, 2.05) is 0 Å². The van der Waals surface area contributed by atoms with Crippen molar-refractivity contribution in [1.29, 1.82) is 0 Å². The highest BCUT2D eigenvalue weighted by molar-refractivity contribution is 5.66. The fourth-order valence-corrected chi connectivity index (χ4v) is 11.7.